The van der Waals surface area contributed by atoms with Crippen LogP contribution < -0.4 is 10.2 Å². The van der Waals surface area contributed by atoms with Gasteiger partial charge in [0.1, 0.15) is 5.82 Å². The standard InChI is InChI=1S/C23H18ClFN2O2/c24-20-4-2-1-3-19(20)22(28)26-14-15-5-10-21-17(13-15)11-12-27(21)23(29)16-6-8-18(25)9-7-16/h1-10,13H,11-12,14H2,(H,26,28). The van der Waals surface area contributed by atoms with Crippen LogP contribution in [0.3, 0.4) is 0 Å². The predicted molar refractivity (Wildman–Crippen MR) is 111 cm³/mol. The lowest BCUT2D eigenvalue weighted by Gasteiger charge is -2.18. The van der Waals surface area contributed by atoms with Crippen LogP contribution in [0.1, 0.15) is 31.8 Å². The third-order valence-electron chi connectivity index (χ3n) is 4.95. The summed E-state index contributed by atoms with van der Waals surface area (Å²) < 4.78 is 13.1. The van der Waals surface area contributed by atoms with Gasteiger partial charge < -0.3 is 10.2 Å². The van der Waals surface area contributed by atoms with Crippen molar-refractivity contribution in [3.63, 3.8) is 0 Å². The fraction of sp³-hybridized carbons (Fsp3) is 0.130. The number of fused-ring (bicyclic) bond motifs is 1. The highest BCUT2D eigenvalue weighted by Gasteiger charge is 2.25. The molecule has 1 heterocycles. The average Bonchev–Trinajstić information content (AvgIpc) is 3.15. The van der Waals surface area contributed by atoms with Gasteiger partial charge in [0, 0.05) is 24.3 Å². The molecule has 0 bridgehead atoms. The van der Waals surface area contributed by atoms with Crippen LogP contribution in [0.4, 0.5) is 10.1 Å². The molecule has 0 saturated carbocycles. The van der Waals surface area contributed by atoms with Crippen molar-refractivity contribution in [2.24, 2.45) is 0 Å². The van der Waals surface area contributed by atoms with Crippen molar-refractivity contribution < 1.29 is 14.0 Å². The second-order valence-electron chi connectivity index (χ2n) is 6.84. The maximum Gasteiger partial charge on any atom is 0.258 e. The van der Waals surface area contributed by atoms with Crippen molar-refractivity contribution in [3.8, 4) is 0 Å². The lowest BCUT2D eigenvalue weighted by atomic mass is 10.1. The van der Waals surface area contributed by atoms with E-state index in [0.29, 0.717) is 29.2 Å². The molecule has 1 N–H and O–H groups in total. The Bertz CT molecular complexity index is 1080. The normalized spacial score (nSPS) is 12.6. The number of anilines is 1. The second-order valence-corrected chi connectivity index (χ2v) is 7.25. The first kappa shape index (κ1) is 19.2. The summed E-state index contributed by atoms with van der Waals surface area (Å²) in [7, 11) is 0. The Morgan fingerprint density at radius 1 is 1.03 bits per heavy atom. The lowest BCUT2D eigenvalue weighted by molar-refractivity contribution is 0.0949. The molecule has 0 unspecified atom stereocenters. The Morgan fingerprint density at radius 3 is 2.55 bits per heavy atom. The Labute approximate surface area is 172 Å². The van der Waals surface area contributed by atoms with E-state index in [1.807, 2.05) is 18.2 Å². The van der Waals surface area contributed by atoms with E-state index in [1.165, 1.54) is 24.3 Å². The largest absolute Gasteiger partial charge is 0.348 e. The molecular formula is C23H18ClFN2O2. The van der Waals surface area contributed by atoms with Gasteiger partial charge >= 0.3 is 0 Å². The number of benzene rings is 3. The molecule has 4 rings (SSSR count). The van der Waals surface area contributed by atoms with Crippen molar-refractivity contribution in [2.75, 3.05) is 11.4 Å². The molecule has 6 heteroatoms. The number of rotatable bonds is 4. The minimum absolute atomic E-state index is 0.150. The van der Waals surface area contributed by atoms with Gasteiger partial charge in [-0.15, -0.1) is 0 Å². The smallest absolute Gasteiger partial charge is 0.258 e. The molecule has 0 aromatic heterocycles. The molecule has 0 spiro atoms. The van der Waals surface area contributed by atoms with Crippen LogP contribution in [0.5, 0.6) is 0 Å². The van der Waals surface area contributed by atoms with Crippen LogP contribution >= 0.6 is 11.6 Å². The predicted octanol–water partition coefficient (Wildman–Crippen LogP) is 4.61. The average molecular weight is 409 g/mol. The van der Waals surface area contributed by atoms with Gasteiger partial charge in [-0.05, 0) is 60.0 Å². The van der Waals surface area contributed by atoms with Crippen LogP contribution in [-0.4, -0.2) is 18.4 Å². The van der Waals surface area contributed by atoms with Gasteiger partial charge in [-0.25, -0.2) is 4.39 Å². The molecule has 0 radical (unpaired) electrons. The van der Waals surface area contributed by atoms with Gasteiger partial charge in [0.05, 0.1) is 10.6 Å². The van der Waals surface area contributed by atoms with Crippen LogP contribution in [0.15, 0.2) is 66.7 Å². The molecule has 3 aromatic carbocycles. The van der Waals surface area contributed by atoms with E-state index in [-0.39, 0.29) is 17.6 Å². The summed E-state index contributed by atoms with van der Waals surface area (Å²) in [5.74, 6) is -0.750. The number of carbonyl (C=O) groups is 2. The number of hydrogen-bond donors (Lipinski definition) is 1. The quantitative estimate of drug-likeness (QED) is 0.685. The van der Waals surface area contributed by atoms with Gasteiger partial charge in [-0.3, -0.25) is 9.59 Å². The zero-order valence-electron chi connectivity index (χ0n) is 15.5. The lowest BCUT2D eigenvalue weighted by Crippen LogP contribution is -2.28. The summed E-state index contributed by atoms with van der Waals surface area (Å²) >= 11 is 6.06. The monoisotopic (exact) mass is 408 g/mol. The highest BCUT2D eigenvalue weighted by molar-refractivity contribution is 6.33. The summed E-state index contributed by atoms with van der Waals surface area (Å²) in [6, 6.07) is 18.2. The van der Waals surface area contributed by atoms with Crippen molar-refractivity contribution in [3.05, 3.63) is 99.8 Å². The molecule has 0 fully saturated rings. The van der Waals surface area contributed by atoms with Crippen LogP contribution in [0.25, 0.3) is 0 Å². The summed E-state index contributed by atoms with van der Waals surface area (Å²) in [5.41, 5.74) is 3.73. The fourth-order valence-corrected chi connectivity index (χ4v) is 3.67. The number of amides is 2. The van der Waals surface area contributed by atoms with Crippen LogP contribution in [-0.2, 0) is 13.0 Å². The zero-order chi connectivity index (χ0) is 20.4. The van der Waals surface area contributed by atoms with E-state index in [1.54, 1.807) is 29.2 Å². The summed E-state index contributed by atoms with van der Waals surface area (Å²) in [6.45, 7) is 0.935. The number of nitrogens with one attached hydrogen (secondary N) is 1. The van der Waals surface area contributed by atoms with Crippen LogP contribution in [0.2, 0.25) is 5.02 Å². The Kier molecular flexibility index (Phi) is 5.32. The third kappa shape index (κ3) is 4.00. The van der Waals surface area contributed by atoms with Crippen molar-refractivity contribution in [2.45, 2.75) is 13.0 Å². The number of hydrogen-bond acceptors (Lipinski definition) is 2. The highest BCUT2D eigenvalue weighted by atomic mass is 35.5. The van der Waals surface area contributed by atoms with Crippen LogP contribution in [0, 0.1) is 5.82 Å². The first-order valence-electron chi connectivity index (χ1n) is 9.25. The summed E-state index contributed by atoms with van der Waals surface area (Å²) in [6.07, 6.45) is 0.731. The molecule has 29 heavy (non-hydrogen) atoms. The van der Waals surface area contributed by atoms with Crippen molar-refractivity contribution in [1.29, 1.82) is 0 Å². The van der Waals surface area contributed by atoms with Gasteiger partial charge in [-0.2, -0.15) is 0 Å². The first-order valence-corrected chi connectivity index (χ1v) is 9.63. The van der Waals surface area contributed by atoms with E-state index in [9.17, 15) is 14.0 Å². The molecular weight excluding hydrogens is 391 g/mol. The van der Waals surface area contributed by atoms with E-state index >= 15 is 0 Å². The van der Waals surface area contributed by atoms with Gasteiger partial charge in [0.25, 0.3) is 11.8 Å². The Balaban J connectivity index is 1.46. The second kappa shape index (κ2) is 8.05. The molecule has 0 atom stereocenters. The van der Waals surface area contributed by atoms with Gasteiger partial charge in [0.2, 0.25) is 0 Å². The first-order chi connectivity index (χ1) is 14.0. The Hall–Kier alpha value is -3.18. The molecule has 4 nitrogen and oxygen atoms in total. The molecule has 2 amide bonds. The van der Waals surface area contributed by atoms with E-state index in [4.69, 9.17) is 11.6 Å². The van der Waals surface area contributed by atoms with E-state index in [2.05, 4.69) is 5.32 Å². The topological polar surface area (TPSA) is 49.4 Å². The van der Waals surface area contributed by atoms with Crippen molar-refractivity contribution in [1.82, 2.24) is 5.32 Å². The van der Waals surface area contributed by atoms with Gasteiger partial charge in [-0.1, -0.05) is 35.9 Å². The van der Waals surface area contributed by atoms with Gasteiger partial charge in [0.15, 0.2) is 0 Å². The molecule has 146 valence electrons. The maximum atomic E-state index is 13.1. The zero-order valence-corrected chi connectivity index (χ0v) is 16.2. The number of nitrogens with zero attached hydrogens (tertiary/aromatic N) is 1. The number of halogens is 2. The van der Waals surface area contributed by atoms with E-state index in [0.717, 1.165) is 23.2 Å². The summed E-state index contributed by atoms with van der Waals surface area (Å²) in [5, 5.41) is 3.28. The molecule has 0 saturated heterocycles. The SMILES string of the molecule is O=C(NCc1ccc2c(c1)CCN2C(=O)c1ccc(F)cc1)c1ccccc1Cl. The van der Waals surface area contributed by atoms with E-state index < -0.39 is 0 Å². The molecule has 3 aromatic rings. The van der Waals surface area contributed by atoms with Crippen molar-refractivity contribution >= 4 is 29.1 Å². The highest BCUT2D eigenvalue weighted by Crippen LogP contribution is 2.30. The Morgan fingerprint density at radius 2 is 1.79 bits per heavy atom. The fourth-order valence-electron chi connectivity index (χ4n) is 3.45. The minimum Gasteiger partial charge on any atom is -0.348 e. The maximum absolute atomic E-state index is 13.1. The molecule has 1 aliphatic heterocycles. The number of carbonyl (C=O) groups excluding carboxylic acids is 2. The molecule has 0 aliphatic carbocycles. The molecule has 1 aliphatic rings. The summed E-state index contributed by atoms with van der Waals surface area (Å²) in [4.78, 5) is 26.8. The minimum atomic E-state index is -0.369. The third-order valence-corrected chi connectivity index (χ3v) is 5.28.